The molecule has 0 saturated heterocycles. The zero-order chi connectivity index (χ0) is 23.4. The molecule has 13 heteroatoms. The predicted octanol–water partition coefficient (Wildman–Crippen LogP) is -2.90. The second-order valence-electron chi connectivity index (χ2n) is 5.70. The van der Waals surface area contributed by atoms with Gasteiger partial charge in [-0.3, -0.25) is 19.2 Å². The molecule has 0 bridgehead atoms. The van der Waals surface area contributed by atoms with Gasteiger partial charge in [-0.05, 0) is 25.9 Å². The first-order valence-corrected chi connectivity index (χ1v) is 8.96. The number of aliphatic carboxylic acids is 3. The van der Waals surface area contributed by atoms with Crippen LogP contribution in [0.1, 0.15) is 33.1 Å². The highest BCUT2D eigenvalue weighted by Crippen LogP contribution is 1.98. The molecule has 0 aliphatic carbocycles. The number of nitrogens with one attached hydrogen (secondary N) is 2. The van der Waals surface area contributed by atoms with Gasteiger partial charge in [0.2, 0.25) is 5.91 Å². The Morgan fingerprint density at radius 3 is 1.79 bits per heavy atom. The maximum atomic E-state index is 10.4. The highest BCUT2D eigenvalue weighted by atomic mass is 16.4. The molecular formula is C16H35N5O8. The van der Waals surface area contributed by atoms with Crippen molar-refractivity contribution in [2.45, 2.75) is 51.3 Å². The van der Waals surface area contributed by atoms with Crippen LogP contribution in [0.5, 0.6) is 0 Å². The van der Waals surface area contributed by atoms with E-state index in [2.05, 4.69) is 10.6 Å². The van der Waals surface area contributed by atoms with Gasteiger partial charge in [0, 0.05) is 6.54 Å². The topological polar surface area (TPSA) is 251 Å². The van der Waals surface area contributed by atoms with Gasteiger partial charge in [-0.15, -0.1) is 0 Å². The van der Waals surface area contributed by atoms with Gasteiger partial charge < -0.3 is 48.3 Å². The van der Waals surface area contributed by atoms with Gasteiger partial charge in [0.25, 0.3) is 0 Å². The van der Waals surface area contributed by atoms with Crippen molar-refractivity contribution in [3.63, 3.8) is 0 Å². The first-order chi connectivity index (χ1) is 13.4. The van der Waals surface area contributed by atoms with Crippen LogP contribution in [0.4, 0.5) is 0 Å². The second-order valence-corrected chi connectivity index (χ2v) is 5.70. The fourth-order valence-electron chi connectivity index (χ4n) is 1.54. The van der Waals surface area contributed by atoms with E-state index in [-0.39, 0.29) is 25.9 Å². The van der Waals surface area contributed by atoms with Gasteiger partial charge in [0.1, 0.15) is 12.1 Å². The Hall–Kier alpha value is -2.32. The Labute approximate surface area is 169 Å². The molecule has 0 heterocycles. The van der Waals surface area contributed by atoms with Crippen molar-refractivity contribution in [2.75, 3.05) is 26.2 Å². The monoisotopic (exact) mass is 425 g/mol. The first kappa shape index (κ1) is 31.4. The third-order valence-electron chi connectivity index (χ3n) is 3.08. The van der Waals surface area contributed by atoms with Crippen LogP contribution in [0.15, 0.2) is 0 Å². The van der Waals surface area contributed by atoms with Crippen molar-refractivity contribution in [1.29, 1.82) is 0 Å². The summed E-state index contributed by atoms with van der Waals surface area (Å²) in [4.78, 5) is 40.5. The number of carboxylic acids is 3. The van der Waals surface area contributed by atoms with Crippen molar-refractivity contribution in [1.82, 2.24) is 10.6 Å². The van der Waals surface area contributed by atoms with Crippen LogP contribution in [0.2, 0.25) is 0 Å². The van der Waals surface area contributed by atoms with Crippen LogP contribution in [0, 0.1) is 0 Å². The van der Waals surface area contributed by atoms with Crippen LogP contribution in [0.25, 0.3) is 0 Å². The summed E-state index contributed by atoms with van der Waals surface area (Å²) in [6.07, 6.45) is -0.207. The van der Waals surface area contributed by atoms with Crippen LogP contribution in [-0.2, 0) is 19.2 Å². The maximum Gasteiger partial charge on any atom is 0.321 e. The van der Waals surface area contributed by atoms with E-state index in [1.54, 1.807) is 6.92 Å². The van der Waals surface area contributed by atoms with Crippen molar-refractivity contribution in [2.24, 2.45) is 17.2 Å². The van der Waals surface area contributed by atoms with Gasteiger partial charge in [-0.1, -0.05) is 13.8 Å². The SMILES string of the molecule is CCNCC(=O)O.CCN[C@@H](CC(N)=O)C(=O)O.NC[C@H](O)CC[C@H](N)C(=O)O. The minimum Gasteiger partial charge on any atom is -0.480 e. The van der Waals surface area contributed by atoms with E-state index < -0.39 is 42.0 Å². The maximum absolute atomic E-state index is 10.4. The summed E-state index contributed by atoms with van der Waals surface area (Å²) in [6, 6.07) is -1.74. The summed E-state index contributed by atoms with van der Waals surface area (Å²) < 4.78 is 0. The lowest BCUT2D eigenvalue weighted by Crippen LogP contribution is -2.39. The molecule has 0 fully saturated rings. The zero-order valence-electron chi connectivity index (χ0n) is 16.8. The van der Waals surface area contributed by atoms with Gasteiger partial charge in [-0.25, -0.2) is 0 Å². The smallest absolute Gasteiger partial charge is 0.321 e. The number of aliphatic hydroxyl groups excluding tert-OH is 1. The van der Waals surface area contributed by atoms with Crippen molar-refractivity contribution in [3.05, 3.63) is 0 Å². The van der Waals surface area contributed by atoms with Crippen LogP contribution in [0.3, 0.4) is 0 Å². The molecule has 12 N–H and O–H groups in total. The number of aliphatic hydroxyl groups is 1. The normalized spacial score (nSPS) is 12.9. The quantitative estimate of drug-likeness (QED) is 0.144. The first-order valence-electron chi connectivity index (χ1n) is 8.96. The van der Waals surface area contributed by atoms with E-state index in [1.165, 1.54) is 0 Å². The minimum absolute atomic E-state index is 0.0660. The van der Waals surface area contributed by atoms with E-state index in [4.69, 9.17) is 37.6 Å². The Morgan fingerprint density at radius 1 is 0.966 bits per heavy atom. The van der Waals surface area contributed by atoms with E-state index >= 15 is 0 Å². The third-order valence-corrected chi connectivity index (χ3v) is 3.08. The zero-order valence-corrected chi connectivity index (χ0v) is 16.8. The number of carbonyl (C=O) groups excluding carboxylic acids is 1. The number of nitrogens with two attached hydrogens (primary N) is 3. The fraction of sp³-hybridized carbons (Fsp3) is 0.750. The molecule has 1 amide bonds. The molecule has 0 aromatic heterocycles. The number of likely N-dealkylation sites (N-methyl/N-ethyl adjacent to an activating group) is 2. The summed E-state index contributed by atoms with van der Waals surface area (Å²) in [5, 5.41) is 39.0. The largest absolute Gasteiger partial charge is 0.480 e. The van der Waals surface area contributed by atoms with Gasteiger partial charge in [-0.2, -0.15) is 0 Å². The van der Waals surface area contributed by atoms with Gasteiger partial charge in [0.15, 0.2) is 0 Å². The number of hydrogen-bond donors (Lipinski definition) is 9. The van der Waals surface area contributed by atoms with Crippen molar-refractivity contribution >= 4 is 23.8 Å². The van der Waals surface area contributed by atoms with Gasteiger partial charge >= 0.3 is 17.9 Å². The molecule has 0 unspecified atom stereocenters. The summed E-state index contributed by atoms with van der Waals surface area (Å²) in [6.45, 7) is 5.05. The molecule has 0 aromatic rings. The van der Waals surface area contributed by atoms with Crippen LogP contribution in [-0.4, -0.2) is 88.6 Å². The number of carboxylic acid groups (broad SMARTS) is 3. The molecule has 0 rings (SSSR count). The molecule has 0 aromatic carbocycles. The number of hydrogen-bond acceptors (Lipinski definition) is 9. The number of primary amides is 1. The summed E-state index contributed by atoms with van der Waals surface area (Å²) in [5.74, 6) is -3.51. The molecule has 0 spiro atoms. The molecule has 0 radical (unpaired) electrons. The molecule has 172 valence electrons. The van der Waals surface area contributed by atoms with Crippen molar-refractivity contribution in [3.8, 4) is 0 Å². The van der Waals surface area contributed by atoms with Gasteiger partial charge in [0.05, 0.1) is 19.1 Å². The summed E-state index contributed by atoms with van der Waals surface area (Å²) in [7, 11) is 0. The molecule has 29 heavy (non-hydrogen) atoms. The van der Waals surface area contributed by atoms with E-state index in [0.717, 1.165) is 0 Å². The van der Waals surface area contributed by atoms with E-state index in [9.17, 15) is 19.2 Å². The van der Waals surface area contributed by atoms with E-state index in [1.807, 2.05) is 6.92 Å². The lowest BCUT2D eigenvalue weighted by molar-refractivity contribution is -0.141. The lowest BCUT2D eigenvalue weighted by atomic mass is 10.1. The summed E-state index contributed by atoms with van der Waals surface area (Å²) >= 11 is 0. The van der Waals surface area contributed by atoms with E-state index in [0.29, 0.717) is 19.5 Å². The molecule has 0 aliphatic rings. The van der Waals surface area contributed by atoms with Crippen molar-refractivity contribution < 1.29 is 39.6 Å². The number of carbonyl (C=O) groups is 4. The third kappa shape index (κ3) is 25.7. The number of rotatable bonds is 13. The Morgan fingerprint density at radius 2 is 1.52 bits per heavy atom. The highest BCUT2D eigenvalue weighted by molar-refractivity contribution is 5.83. The van der Waals surface area contributed by atoms with Crippen LogP contribution < -0.4 is 27.8 Å². The molecule has 3 atom stereocenters. The minimum atomic E-state index is -1.05. The summed E-state index contributed by atoms with van der Waals surface area (Å²) in [5.41, 5.74) is 15.1. The Balaban J connectivity index is -0.000000360. The molecule has 0 saturated carbocycles. The average Bonchev–Trinajstić information content (AvgIpc) is 2.64. The molecular weight excluding hydrogens is 390 g/mol. The average molecular weight is 425 g/mol. The fourth-order valence-corrected chi connectivity index (χ4v) is 1.54. The number of amides is 1. The van der Waals surface area contributed by atoms with Crippen LogP contribution >= 0.6 is 0 Å². The standard InChI is InChI=1S/C6H12N2O3.C6H14N2O3.C4H9NO2/c1-2-8-4(6(10)11)3-5(7)9;7-3-4(9)1-2-5(8)6(10)11;1-2-5-3-4(6)7/h4,8H,2-3H2,1H3,(H2,7,9)(H,10,11);4-5,9H,1-3,7-8H2,(H,10,11);5H,2-3H2,1H3,(H,6,7)/t4-;4-,5+;/m01./s1. The molecule has 13 nitrogen and oxygen atoms in total. The Kier molecular flexibility index (Phi) is 22.1. The second kappa shape index (κ2) is 20.4. The Bertz CT molecular complexity index is 478. The lowest BCUT2D eigenvalue weighted by Gasteiger charge is -2.09. The predicted molar refractivity (Wildman–Crippen MR) is 105 cm³/mol. The highest BCUT2D eigenvalue weighted by Gasteiger charge is 2.17. The molecule has 0 aliphatic heterocycles.